The Morgan fingerprint density at radius 3 is 2.52 bits per heavy atom. The molecule has 3 heteroatoms. The van der Waals surface area contributed by atoms with Crippen molar-refractivity contribution in [1.29, 1.82) is 0 Å². The Balaban J connectivity index is 2.53. The van der Waals surface area contributed by atoms with Crippen molar-refractivity contribution >= 4 is 10.9 Å². The second-order valence-electron chi connectivity index (χ2n) is 6.75. The molecule has 1 aromatic carbocycles. The van der Waals surface area contributed by atoms with Crippen LogP contribution >= 0.6 is 0 Å². The van der Waals surface area contributed by atoms with E-state index in [1.165, 1.54) is 22.2 Å². The predicted molar refractivity (Wildman–Crippen MR) is 87.9 cm³/mol. The van der Waals surface area contributed by atoms with Crippen molar-refractivity contribution in [3.8, 4) is 0 Å². The molecule has 0 saturated carbocycles. The number of rotatable bonds is 5. The average molecular weight is 289 g/mol. The van der Waals surface area contributed by atoms with E-state index in [1.807, 2.05) is 0 Å². The number of aliphatic hydroxyl groups excluding tert-OH is 1. The smallest absolute Gasteiger partial charge is 0.0952 e. The summed E-state index contributed by atoms with van der Waals surface area (Å²) < 4.78 is 7.30. The van der Waals surface area contributed by atoms with Crippen molar-refractivity contribution in [2.24, 2.45) is 0 Å². The highest BCUT2D eigenvalue weighted by atomic mass is 16.5. The van der Waals surface area contributed by atoms with Crippen LogP contribution in [0.2, 0.25) is 0 Å². The predicted octanol–water partition coefficient (Wildman–Crippen LogP) is 3.51. The minimum absolute atomic E-state index is 0.0399. The van der Waals surface area contributed by atoms with Crippen LogP contribution in [0.15, 0.2) is 24.3 Å². The molecule has 1 heterocycles. The minimum atomic E-state index is -0.488. The van der Waals surface area contributed by atoms with Crippen LogP contribution in [0.5, 0.6) is 0 Å². The zero-order valence-corrected chi connectivity index (χ0v) is 13.8. The summed E-state index contributed by atoms with van der Waals surface area (Å²) >= 11 is 0. The summed E-state index contributed by atoms with van der Waals surface area (Å²) in [5.74, 6) is 0. The van der Waals surface area contributed by atoms with Crippen LogP contribution in [0.3, 0.4) is 0 Å². The van der Waals surface area contributed by atoms with Crippen LogP contribution in [-0.4, -0.2) is 29.5 Å². The van der Waals surface area contributed by atoms with Gasteiger partial charge in [0.2, 0.25) is 0 Å². The first-order valence-corrected chi connectivity index (χ1v) is 7.66. The molecule has 2 rings (SSSR count). The van der Waals surface area contributed by atoms with E-state index in [0.29, 0.717) is 13.2 Å². The maximum atomic E-state index is 10.1. The summed E-state index contributed by atoms with van der Waals surface area (Å²) in [6.07, 6.45) is 0.552. The Morgan fingerprint density at radius 2 is 1.95 bits per heavy atom. The molecule has 2 aromatic rings. The van der Waals surface area contributed by atoms with Gasteiger partial charge in [0.05, 0.1) is 19.3 Å². The first kappa shape index (κ1) is 16.1. The van der Waals surface area contributed by atoms with Gasteiger partial charge >= 0.3 is 0 Å². The van der Waals surface area contributed by atoms with Gasteiger partial charge in [-0.25, -0.2) is 0 Å². The number of benzene rings is 1. The van der Waals surface area contributed by atoms with E-state index in [0.717, 1.165) is 6.42 Å². The fourth-order valence-corrected chi connectivity index (χ4v) is 2.81. The number of fused-ring (bicyclic) bond motifs is 1. The molecule has 1 atom stereocenters. The van der Waals surface area contributed by atoms with Gasteiger partial charge in [-0.15, -0.1) is 0 Å². The molecule has 1 N–H and O–H groups in total. The lowest BCUT2D eigenvalue weighted by molar-refractivity contribution is 0.0536. The fraction of sp³-hybridized carbons (Fsp3) is 0.556. The molecule has 0 aliphatic rings. The topological polar surface area (TPSA) is 34.4 Å². The van der Waals surface area contributed by atoms with Gasteiger partial charge in [0.1, 0.15) is 0 Å². The van der Waals surface area contributed by atoms with Crippen LogP contribution in [0, 0.1) is 0 Å². The number of aromatic nitrogens is 1. The Hall–Kier alpha value is -1.32. The summed E-state index contributed by atoms with van der Waals surface area (Å²) in [5.41, 5.74) is 3.82. The van der Waals surface area contributed by atoms with Crippen molar-refractivity contribution in [3.63, 3.8) is 0 Å². The van der Waals surface area contributed by atoms with E-state index in [-0.39, 0.29) is 5.41 Å². The molecule has 1 unspecified atom stereocenters. The van der Waals surface area contributed by atoms with E-state index in [9.17, 15) is 5.11 Å². The normalized spacial score (nSPS) is 13.8. The minimum Gasteiger partial charge on any atom is -0.389 e. The molecule has 21 heavy (non-hydrogen) atoms. The van der Waals surface area contributed by atoms with Gasteiger partial charge in [0, 0.05) is 29.1 Å². The van der Waals surface area contributed by atoms with Crippen molar-refractivity contribution < 1.29 is 9.84 Å². The number of aliphatic hydroxyl groups is 1. The van der Waals surface area contributed by atoms with Crippen LogP contribution in [0.1, 0.15) is 39.0 Å². The molecule has 3 nitrogen and oxygen atoms in total. The Labute approximate surface area is 127 Å². The second kappa shape index (κ2) is 6.20. The lowest BCUT2D eigenvalue weighted by Gasteiger charge is -2.23. The molecule has 0 spiro atoms. The number of nitrogens with zero attached hydrogens (tertiary/aromatic N) is 1. The molecular weight excluding hydrogens is 262 g/mol. The van der Waals surface area contributed by atoms with Crippen molar-refractivity contribution in [1.82, 2.24) is 4.57 Å². The highest BCUT2D eigenvalue weighted by molar-refractivity contribution is 5.82. The summed E-state index contributed by atoms with van der Waals surface area (Å²) in [7, 11) is 1.62. The van der Waals surface area contributed by atoms with E-state index in [2.05, 4.69) is 56.5 Å². The molecule has 0 bridgehead atoms. The standard InChI is InChI=1S/C18H27NO2/c1-6-13-7-8-16-14(9-13)10-17(18(2,3)4)19(16)11-15(20)12-21-5/h7-10,15,20H,6,11-12H2,1-5H3. The zero-order chi connectivity index (χ0) is 15.6. The van der Waals surface area contributed by atoms with Crippen molar-refractivity contribution in [2.45, 2.75) is 52.2 Å². The Bertz CT molecular complexity index is 607. The van der Waals surface area contributed by atoms with Crippen LogP contribution in [-0.2, 0) is 23.1 Å². The van der Waals surface area contributed by atoms with E-state index in [4.69, 9.17) is 4.74 Å². The first-order valence-electron chi connectivity index (χ1n) is 7.66. The Morgan fingerprint density at radius 1 is 1.24 bits per heavy atom. The number of ether oxygens (including phenoxy) is 1. The van der Waals surface area contributed by atoms with Crippen LogP contribution < -0.4 is 0 Å². The Kier molecular flexibility index (Phi) is 4.74. The summed E-state index contributed by atoms with van der Waals surface area (Å²) in [6.45, 7) is 9.72. The third kappa shape index (κ3) is 3.47. The highest BCUT2D eigenvalue weighted by Gasteiger charge is 2.22. The first-order chi connectivity index (χ1) is 9.86. The molecule has 0 aliphatic carbocycles. The van der Waals surface area contributed by atoms with Crippen LogP contribution in [0.25, 0.3) is 10.9 Å². The molecule has 0 radical (unpaired) electrons. The van der Waals surface area contributed by atoms with E-state index < -0.39 is 6.10 Å². The van der Waals surface area contributed by atoms with Gasteiger partial charge in [-0.1, -0.05) is 33.8 Å². The maximum Gasteiger partial charge on any atom is 0.0952 e. The van der Waals surface area contributed by atoms with Gasteiger partial charge in [0.15, 0.2) is 0 Å². The van der Waals surface area contributed by atoms with Gasteiger partial charge in [-0.2, -0.15) is 0 Å². The molecular formula is C18H27NO2. The molecule has 0 fully saturated rings. The molecule has 0 amide bonds. The zero-order valence-electron chi connectivity index (χ0n) is 13.8. The quantitative estimate of drug-likeness (QED) is 0.914. The van der Waals surface area contributed by atoms with Gasteiger partial charge in [0.25, 0.3) is 0 Å². The maximum absolute atomic E-state index is 10.1. The average Bonchev–Trinajstić information content (AvgIpc) is 2.77. The van der Waals surface area contributed by atoms with Gasteiger partial charge < -0.3 is 14.4 Å². The fourth-order valence-electron chi connectivity index (χ4n) is 2.81. The third-order valence-electron chi connectivity index (χ3n) is 3.89. The molecule has 1 aromatic heterocycles. The van der Waals surface area contributed by atoms with E-state index in [1.54, 1.807) is 7.11 Å². The lowest BCUT2D eigenvalue weighted by atomic mass is 9.92. The monoisotopic (exact) mass is 289 g/mol. The van der Waals surface area contributed by atoms with Crippen molar-refractivity contribution in [3.05, 3.63) is 35.5 Å². The van der Waals surface area contributed by atoms with Crippen molar-refractivity contribution in [2.75, 3.05) is 13.7 Å². The third-order valence-corrected chi connectivity index (χ3v) is 3.89. The van der Waals surface area contributed by atoms with E-state index >= 15 is 0 Å². The molecule has 0 saturated heterocycles. The van der Waals surface area contributed by atoms with Gasteiger partial charge in [-0.05, 0) is 30.2 Å². The summed E-state index contributed by atoms with van der Waals surface area (Å²) in [4.78, 5) is 0. The number of hydrogen-bond acceptors (Lipinski definition) is 2. The second-order valence-corrected chi connectivity index (χ2v) is 6.75. The summed E-state index contributed by atoms with van der Waals surface area (Å²) in [6, 6.07) is 8.86. The molecule has 116 valence electrons. The lowest BCUT2D eigenvalue weighted by Crippen LogP contribution is -2.25. The van der Waals surface area contributed by atoms with Crippen LogP contribution in [0.4, 0.5) is 0 Å². The largest absolute Gasteiger partial charge is 0.389 e. The van der Waals surface area contributed by atoms with Gasteiger partial charge in [-0.3, -0.25) is 0 Å². The number of aryl methyl sites for hydroxylation is 1. The molecule has 0 aliphatic heterocycles. The summed E-state index contributed by atoms with van der Waals surface area (Å²) in [5, 5.41) is 11.4. The SMILES string of the molecule is CCc1ccc2c(c1)cc(C(C)(C)C)n2CC(O)COC. The highest BCUT2D eigenvalue weighted by Crippen LogP contribution is 2.30. The number of hydrogen-bond donors (Lipinski definition) is 1. The number of methoxy groups -OCH3 is 1.